The van der Waals surface area contributed by atoms with E-state index in [0.717, 1.165) is 66.9 Å². The van der Waals surface area contributed by atoms with E-state index in [9.17, 15) is 5.26 Å². The lowest BCUT2D eigenvalue weighted by Gasteiger charge is -2.33. The van der Waals surface area contributed by atoms with E-state index in [2.05, 4.69) is 40.3 Å². The fourth-order valence-electron chi connectivity index (χ4n) is 7.88. The summed E-state index contributed by atoms with van der Waals surface area (Å²) in [5, 5.41) is 10.1. The van der Waals surface area contributed by atoms with Gasteiger partial charge in [-0.25, -0.2) is 9.97 Å². The number of hydrogen-bond acceptors (Lipinski definition) is 7. The van der Waals surface area contributed by atoms with Crippen LogP contribution in [0.2, 0.25) is 0 Å². The third-order valence-electron chi connectivity index (χ3n) is 10.0. The quantitative estimate of drug-likeness (QED) is 0.242. The average molecular weight is 641 g/mol. The monoisotopic (exact) mass is 641 g/mol. The molecule has 0 amide bonds. The van der Waals surface area contributed by atoms with Crippen LogP contribution in [-0.4, -0.2) is 23.4 Å². The summed E-state index contributed by atoms with van der Waals surface area (Å²) in [6, 6.07) is 44.4. The zero-order valence-electron chi connectivity index (χ0n) is 26.3. The second-order valence-electron chi connectivity index (χ2n) is 12.8. The Bertz CT molecular complexity index is 2360. The van der Waals surface area contributed by atoms with Gasteiger partial charge in [0.2, 0.25) is 5.82 Å². The fourth-order valence-corrected chi connectivity index (χ4v) is 7.88. The summed E-state index contributed by atoms with van der Waals surface area (Å²) in [7, 11) is 0. The molecule has 6 aromatic carbocycles. The number of rotatable bonds is 2. The highest BCUT2D eigenvalue weighted by Crippen LogP contribution is 2.40. The Kier molecular flexibility index (Phi) is 5.50. The Morgan fingerprint density at radius 1 is 0.420 bits per heavy atom. The van der Waals surface area contributed by atoms with Gasteiger partial charge in [0.05, 0.1) is 11.4 Å². The summed E-state index contributed by atoms with van der Waals surface area (Å²) in [4.78, 5) is 9.33. The molecule has 0 saturated carbocycles. The van der Waals surface area contributed by atoms with Gasteiger partial charge in [0.15, 0.2) is 0 Å². The molecule has 0 N–H and O–H groups in total. The molecule has 0 atom stereocenters. The molecule has 4 aliphatic rings. The van der Waals surface area contributed by atoms with E-state index in [0.29, 0.717) is 34.4 Å². The maximum absolute atomic E-state index is 10.1. The van der Waals surface area contributed by atoms with Gasteiger partial charge < -0.3 is 18.9 Å². The number of nitrogens with zero attached hydrogens (tertiary/aromatic N) is 3. The van der Waals surface area contributed by atoms with Crippen LogP contribution in [0, 0.1) is 11.3 Å². The van der Waals surface area contributed by atoms with E-state index in [-0.39, 0.29) is 19.2 Å². The van der Waals surface area contributed by atoms with E-state index in [1.54, 1.807) is 0 Å². The topological polar surface area (TPSA) is 86.5 Å². The zero-order chi connectivity index (χ0) is 32.9. The van der Waals surface area contributed by atoms with Crippen LogP contribution in [-0.2, 0) is 0 Å². The molecule has 0 spiro atoms. The molecule has 5 heterocycles. The molecular formula is C41H21B2N3O4. The van der Waals surface area contributed by atoms with Crippen molar-refractivity contribution in [3.8, 4) is 74.6 Å². The molecular weight excluding hydrogens is 620 g/mol. The molecule has 7 aromatic rings. The van der Waals surface area contributed by atoms with Gasteiger partial charge in [0.1, 0.15) is 52.1 Å². The van der Waals surface area contributed by atoms with Crippen molar-refractivity contribution >= 4 is 46.2 Å². The van der Waals surface area contributed by atoms with Crippen LogP contribution in [0.5, 0.6) is 46.0 Å². The lowest BCUT2D eigenvalue weighted by Crippen LogP contribution is -2.57. The molecule has 9 heteroatoms. The number of hydrogen-bond donors (Lipinski definition) is 0. The first-order valence-corrected chi connectivity index (χ1v) is 16.4. The van der Waals surface area contributed by atoms with Gasteiger partial charge in [0, 0.05) is 22.1 Å². The Morgan fingerprint density at radius 2 is 0.740 bits per heavy atom. The van der Waals surface area contributed by atoms with Gasteiger partial charge in [-0.1, -0.05) is 72.8 Å². The third kappa shape index (κ3) is 3.87. The summed E-state index contributed by atoms with van der Waals surface area (Å²) < 4.78 is 26.1. The summed E-state index contributed by atoms with van der Waals surface area (Å²) in [6.45, 7) is -0.0720. The number of para-hydroxylation sites is 4. The van der Waals surface area contributed by atoms with Gasteiger partial charge in [-0.2, -0.15) is 5.26 Å². The highest BCUT2D eigenvalue weighted by atomic mass is 16.5. The van der Waals surface area contributed by atoms with Crippen LogP contribution in [0.15, 0.2) is 127 Å². The molecule has 0 bridgehead atoms. The number of fused-ring (bicyclic) bond motifs is 8. The largest absolute Gasteiger partial charge is 0.458 e. The summed E-state index contributed by atoms with van der Waals surface area (Å²) in [5.74, 6) is 6.02. The minimum absolute atomic E-state index is 0.0360. The maximum Gasteiger partial charge on any atom is 0.260 e. The normalized spacial score (nSPS) is 13.3. The number of benzene rings is 6. The van der Waals surface area contributed by atoms with Crippen molar-refractivity contribution in [2.45, 2.75) is 0 Å². The predicted octanol–water partition coefficient (Wildman–Crippen LogP) is 5.14. The Morgan fingerprint density at radius 3 is 1.06 bits per heavy atom. The molecule has 230 valence electrons. The van der Waals surface area contributed by atoms with Gasteiger partial charge in [-0.15, -0.1) is 0 Å². The molecule has 4 aliphatic heterocycles. The summed E-state index contributed by atoms with van der Waals surface area (Å²) in [6.07, 6.45) is 0. The van der Waals surface area contributed by atoms with E-state index >= 15 is 0 Å². The molecule has 11 rings (SSSR count). The van der Waals surface area contributed by atoms with Crippen molar-refractivity contribution in [1.82, 2.24) is 9.97 Å². The van der Waals surface area contributed by atoms with Crippen molar-refractivity contribution in [3.05, 3.63) is 133 Å². The summed E-state index contributed by atoms with van der Waals surface area (Å²) in [5.41, 5.74) is 8.92. The van der Waals surface area contributed by atoms with E-state index in [1.165, 1.54) is 0 Å². The third-order valence-corrected chi connectivity index (χ3v) is 10.0. The maximum atomic E-state index is 10.1. The average Bonchev–Trinajstić information content (AvgIpc) is 3.17. The van der Waals surface area contributed by atoms with Gasteiger partial charge in [-0.3, -0.25) is 0 Å². The number of ether oxygens (including phenoxy) is 4. The highest BCUT2D eigenvalue weighted by molar-refractivity contribution is 6.99. The standard InChI is InChI=1S/C41H21B2N3O4/c44-22-39-45-29(23-17-35-40-36(18-23)48-32-14-6-2-10-26(32)42(40)25-9-1-5-13-31(25)47-35)21-30(46-39)24-19-37-41-38(20-24)50-34-16-8-4-12-28(34)43(41)27-11-3-7-15-33(27)49-37/h1-21H. The smallest absolute Gasteiger partial charge is 0.260 e. The molecule has 0 unspecified atom stereocenters. The first kappa shape index (κ1) is 27.2. The first-order chi connectivity index (χ1) is 24.7. The Labute approximate surface area is 287 Å². The minimum atomic E-state index is -0.0360. The lowest BCUT2D eigenvalue weighted by atomic mass is 9.35. The minimum Gasteiger partial charge on any atom is -0.458 e. The van der Waals surface area contributed by atoms with E-state index in [1.807, 2.05) is 103 Å². The SMILES string of the molecule is N#Cc1nc(-c2cc3c4c(c2)Oc2ccccc2B4c2ccccc2O3)cc(-c2cc3c4c(c2)Oc2ccccc2B4c2ccccc2O3)n1. The fraction of sp³-hybridized carbons (Fsp3) is 0. The van der Waals surface area contributed by atoms with Crippen molar-refractivity contribution in [2.75, 3.05) is 0 Å². The van der Waals surface area contributed by atoms with Crippen molar-refractivity contribution < 1.29 is 18.9 Å². The second-order valence-corrected chi connectivity index (χ2v) is 12.8. The predicted molar refractivity (Wildman–Crippen MR) is 193 cm³/mol. The summed E-state index contributed by atoms with van der Waals surface area (Å²) >= 11 is 0. The van der Waals surface area contributed by atoms with Crippen LogP contribution < -0.4 is 51.7 Å². The zero-order valence-corrected chi connectivity index (χ0v) is 26.3. The van der Waals surface area contributed by atoms with Gasteiger partial charge in [-0.05, 0) is 76.4 Å². The van der Waals surface area contributed by atoms with Crippen LogP contribution in [0.25, 0.3) is 22.5 Å². The highest BCUT2D eigenvalue weighted by Gasteiger charge is 2.42. The molecule has 0 fully saturated rings. The van der Waals surface area contributed by atoms with Crippen molar-refractivity contribution in [1.29, 1.82) is 5.26 Å². The second kappa shape index (κ2) is 10.1. The van der Waals surface area contributed by atoms with E-state index < -0.39 is 0 Å². The van der Waals surface area contributed by atoms with Crippen LogP contribution in [0.4, 0.5) is 0 Å². The van der Waals surface area contributed by atoms with E-state index in [4.69, 9.17) is 18.9 Å². The molecule has 1 aromatic heterocycles. The molecule has 0 aliphatic carbocycles. The molecule has 7 nitrogen and oxygen atoms in total. The van der Waals surface area contributed by atoms with Crippen LogP contribution in [0.1, 0.15) is 5.82 Å². The van der Waals surface area contributed by atoms with Crippen LogP contribution in [0.3, 0.4) is 0 Å². The van der Waals surface area contributed by atoms with Crippen molar-refractivity contribution in [2.24, 2.45) is 0 Å². The lowest BCUT2D eigenvalue weighted by molar-refractivity contribution is 0.464. The Balaban J connectivity index is 1.07. The molecule has 50 heavy (non-hydrogen) atoms. The number of aromatic nitrogens is 2. The Hall–Kier alpha value is -6.78. The molecule has 0 radical (unpaired) electrons. The van der Waals surface area contributed by atoms with Gasteiger partial charge in [0.25, 0.3) is 13.4 Å². The number of nitriles is 1. The van der Waals surface area contributed by atoms with Gasteiger partial charge >= 0.3 is 0 Å². The first-order valence-electron chi connectivity index (χ1n) is 16.4. The molecule has 0 saturated heterocycles. The van der Waals surface area contributed by atoms with Crippen LogP contribution >= 0.6 is 0 Å². The van der Waals surface area contributed by atoms with Crippen molar-refractivity contribution in [3.63, 3.8) is 0 Å².